The summed E-state index contributed by atoms with van der Waals surface area (Å²) >= 11 is 0. The van der Waals surface area contributed by atoms with Gasteiger partial charge in [-0.05, 0) is 18.6 Å². The molecule has 7 nitrogen and oxygen atoms in total. The van der Waals surface area contributed by atoms with Crippen LogP contribution in [-0.2, 0) is 16.6 Å². The van der Waals surface area contributed by atoms with Crippen LogP contribution in [0.4, 0.5) is 0 Å². The average molecular weight is 327 g/mol. The van der Waals surface area contributed by atoms with Crippen LogP contribution in [0.5, 0.6) is 0 Å². The molecule has 2 N–H and O–H groups in total. The van der Waals surface area contributed by atoms with Crippen molar-refractivity contribution in [3.05, 3.63) is 30.1 Å². The molecule has 1 aromatic heterocycles. The van der Waals surface area contributed by atoms with E-state index in [2.05, 4.69) is 20.6 Å². The maximum Gasteiger partial charge on any atom is 0.211 e. The van der Waals surface area contributed by atoms with Crippen molar-refractivity contribution >= 4 is 16.0 Å². The predicted octanol–water partition coefficient (Wildman–Crippen LogP) is 0.418. The van der Waals surface area contributed by atoms with E-state index in [9.17, 15) is 8.42 Å². The number of aliphatic imine (C=N–C) groups is 1. The fourth-order valence-corrected chi connectivity index (χ4v) is 2.85. The van der Waals surface area contributed by atoms with Crippen molar-refractivity contribution in [3.63, 3.8) is 0 Å². The van der Waals surface area contributed by atoms with Crippen molar-refractivity contribution in [2.24, 2.45) is 4.99 Å². The lowest BCUT2D eigenvalue weighted by Gasteiger charge is -2.18. The molecule has 8 heteroatoms. The van der Waals surface area contributed by atoms with E-state index < -0.39 is 10.0 Å². The van der Waals surface area contributed by atoms with Crippen LogP contribution in [0.1, 0.15) is 19.0 Å². The smallest absolute Gasteiger partial charge is 0.211 e. The first-order valence-electron chi connectivity index (χ1n) is 7.27. The largest absolute Gasteiger partial charge is 0.356 e. The van der Waals surface area contributed by atoms with E-state index >= 15 is 0 Å². The molecular weight excluding hydrogens is 302 g/mol. The molecule has 0 saturated carbocycles. The Morgan fingerprint density at radius 2 is 2.14 bits per heavy atom. The SMILES string of the molecule is CCN(CCCNC(=NC)NCc1ccccn1)S(C)(=O)=O. The summed E-state index contributed by atoms with van der Waals surface area (Å²) in [5.74, 6) is 0.674. The van der Waals surface area contributed by atoms with Gasteiger partial charge in [0.2, 0.25) is 10.0 Å². The second-order valence-electron chi connectivity index (χ2n) is 4.78. The van der Waals surface area contributed by atoms with Crippen LogP contribution in [0.25, 0.3) is 0 Å². The fourth-order valence-electron chi connectivity index (χ4n) is 1.92. The van der Waals surface area contributed by atoms with Crippen molar-refractivity contribution in [1.82, 2.24) is 19.9 Å². The van der Waals surface area contributed by atoms with Gasteiger partial charge in [0, 0.05) is 32.9 Å². The van der Waals surface area contributed by atoms with Crippen LogP contribution in [0.2, 0.25) is 0 Å². The molecule has 0 aliphatic heterocycles. The quantitative estimate of drug-likeness (QED) is 0.410. The van der Waals surface area contributed by atoms with E-state index in [0.29, 0.717) is 38.6 Å². The van der Waals surface area contributed by atoms with Crippen molar-refractivity contribution in [2.75, 3.05) is 32.9 Å². The first-order valence-corrected chi connectivity index (χ1v) is 9.11. The van der Waals surface area contributed by atoms with Gasteiger partial charge in [-0.3, -0.25) is 9.98 Å². The summed E-state index contributed by atoms with van der Waals surface area (Å²) in [4.78, 5) is 8.35. The number of nitrogens with one attached hydrogen (secondary N) is 2. The molecule has 0 saturated heterocycles. The molecule has 1 aromatic rings. The molecule has 1 heterocycles. The molecule has 0 aromatic carbocycles. The summed E-state index contributed by atoms with van der Waals surface area (Å²) in [6.45, 7) is 4.06. The zero-order valence-electron chi connectivity index (χ0n) is 13.4. The van der Waals surface area contributed by atoms with Gasteiger partial charge < -0.3 is 10.6 Å². The van der Waals surface area contributed by atoms with Gasteiger partial charge in [-0.2, -0.15) is 0 Å². The number of guanidine groups is 1. The third-order valence-corrected chi connectivity index (χ3v) is 4.46. The summed E-state index contributed by atoms with van der Waals surface area (Å²) in [5.41, 5.74) is 0.930. The summed E-state index contributed by atoms with van der Waals surface area (Å²) < 4.78 is 24.4. The first-order chi connectivity index (χ1) is 10.5. The van der Waals surface area contributed by atoms with E-state index in [1.165, 1.54) is 10.6 Å². The van der Waals surface area contributed by atoms with Crippen molar-refractivity contribution in [1.29, 1.82) is 0 Å². The van der Waals surface area contributed by atoms with Crippen LogP contribution >= 0.6 is 0 Å². The summed E-state index contributed by atoms with van der Waals surface area (Å²) in [5, 5.41) is 6.32. The Hall–Kier alpha value is -1.67. The second kappa shape index (κ2) is 9.37. The van der Waals surface area contributed by atoms with Gasteiger partial charge in [0.1, 0.15) is 0 Å². The van der Waals surface area contributed by atoms with Gasteiger partial charge >= 0.3 is 0 Å². The fraction of sp³-hybridized carbons (Fsp3) is 0.571. The van der Waals surface area contributed by atoms with Crippen molar-refractivity contribution in [2.45, 2.75) is 19.9 Å². The molecule has 0 spiro atoms. The average Bonchev–Trinajstić information content (AvgIpc) is 2.50. The zero-order valence-corrected chi connectivity index (χ0v) is 14.2. The molecule has 0 aliphatic rings. The Bertz CT molecular complexity index is 560. The Balaban J connectivity index is 2.30. The minimum atomic E-state index is -3.12. The molecule has 0 bridgehead atoms. The molecular formula is C14H25N5O2S. The van der Waals surface area contributed by atoms with Gasteiger partial charge in [0.15, 0.2) is 5.96 Å². The molecule has 1 rings (SSSR count). The standard InChI is InChI=1S/C14H25N5O2S/c1-4-19(22(3,20)21)11-7-10-17-14(15-2)18-12-13-8-5-6-9-16-13/h5-6,8-9H,4,7,10-12H2,1-3H3,(H2,15,17,18). The second-order valence-corrected chi connectivity index (χ2v) is 6.76. The first kappa shape index (κ1) is 18.4. The minimum Gasteiger partial charge on any atom is -0.356 e. The number of hydrogen-bond acceptors (Lipinski definition) is 4. The lowest BCUT2D eigenvalue weighted by atomic mass is 10.3. The van der Waals surface area contributed by atoms with Crippen LogP contribution < -0.4 is 10.6 Å². The maximum atomic E-state index is 11.5. The van der Waals surface area contributed by atoms with Crippen molar-refractivity contribution in [3.8, 4) is 0 Å². The van der Waals surface area contributed by atoms with E-state index in [-0.39, 0.29) is 0 Å². The number of rotatable bonds is 8. The highest BCUT2D eigenvalue weighted by Gasteiger charge is 2.13. The Morgan fingerprint density at radius 3 is 2.68 bits per heavy atom. The number of aromatic nitrogens is 1. The summed E-state index contributed by atoms with van der Waals surface area (Å²) in [6, 6.07) is 5.74. The summed E-state index contributed by atoms with van der Waals surface area (Å²) in [7, 11) is -1.42. The van der Waals surface area contributed by atoms with Gasteiger partial charge in [-0.1, -0.05) is 13.0 Å². The summed E-state index contributed by atoms with van der Waals surface area (Å²) in [6.07, 6.45) is 3.69. The lowest BCUT2D eigenvalue weighted by Crippen LogP contribution is -2.39. The molecule has 0 unspecified atom stereocenters. The lowest BCUT2D eigenvalue weighted by molar-refractivity contribution is 0.424. The minimum absolute atomic E-state index is 0.492. The normalized spacial score (nSPS) is 12.5. The van der Waals surface area contributed by atoms with Crippen LogP contribution in [-0.4, -0.2) is 56.6 Å². The highest BCUT2D eigenvalue weighted by atomic mass is 32.2. The zero-order chi connectivity index (χ0) is 16.4. The Labute approximate surface area is 132 Å². The van der Waals surface area contributed by atoms with Gasteiger partial charge in [-0.25, -0.2) is 12.7 Å². The predicted molar refractivity (Wildman–Crippen MR) is 89.1 cm³/mol. The van der Waals surface area contributed by atoms with E-state index in [0.717, 1.165) is 5.69 Å². The molecule has 0 aliphatic carbocycles. The molecule has 124 valence electrons. The van der Waals surface area contributed by atoms with Crippen LogP contribution in [0.3, 0.4) is 0 Å². The van der Waals surface area contributed by atoms with Crippen LogP contribution in [0.15, 0.2) is 29.4 Å². The number of hydrogen-bond donors (Lipinski definition) is 2. The molecule has 22 heavy (non-hydrogen) atoms. The molecule has 0 atom stereocenters. The number of pyridine rings is 1. The number of nitrogens with zero attached hydrogens (tertiary/aromatic N) is 3. The molecule has 0 fully saturated rings. The van der Waals surface area contributed by atoms with Gasteiger partial charge in [0.05, 0.1) is 18.5 Å². The maximum absolute atomic E-state index is 11.5. The van der Waals surface area contributed by atoms with E-state index in [4.69, 9.17) is 0 Å². The number of sulfonamides is 1. The molecule has 0 radical (unpaired) electrons. The highest BCUT2D eigenvalue weighted by molar-refractivity contribution is 7.88. The van der Waals surface area contributed by atoms with E-state index in [1.54, 1.807) is 13.2 Å². The third-order valence-electron chi connectivity index (χ3n) is 3.09. The topological polar surface area (TPSA) is 86.7 Å². The van der Waals surface area contributed by atoms with Crippen molar-refractivity contribution < 1.29 is 8.42 Å². The Morgan fingerprint density at radius 1 is 1.36 bits per heavy atom. The Kier molecular flexibility index (Phi) is 7.83. The molecule has 0 amide bonds. The monoisotopic (exact) mass is 327 g/mol. The van der Waals surface area contributed by atoms with Crippen LogP contribution in [0, 0.1) is 0 Å². The van der Waals surface area contributed by atoms with Gasteiger partial charge in [0.25, 0.3) is 0 Å². The van der Waals surface area contributed by atoms with Gasteiger partial charge in [-0.15, -0.1) is 0 Å². The third kappa shape index (κ3) is 6.86. The van der Waals surface area contributed by atoms with E-state index in [1.807, 2.05) is 25.1 Å². The highest BCUT2D eigenvalue weighted by Crippen LogP contribution is 1.98.